The molecule has 10 heavy (non-hydrogen) atoms. The van der Waals surface area contributed by atoms with Gasteiger partial charge in [0.15, 0.2) is 0 Å². The Labute approximate surface area is 58.2 Å². The van der Waals surface area contributed by atoms with Crippen molar-refractivity contribution in [2.45, 2.75) is 0 Å². The number of carbonyl (C=O) groups excluding carboxylic acids is 1. The number of aliphatic imine (C=N–C) groups is 2. The molecule has 0 aromatic rings. The van der Waals surface area contributed by atoms with Crippen molar-refractivity contribution in [2.75, 3.05) is 6.54 Å². The van der Waals surface area contributed by atoms with E-state index in [-0.39, 0.29) is 5.84 Å². The molecule has 0 aromatic heterocycles. The molecule has 0 saturated carbocycles. The molecular formula is C6H7N3O. The second-order valence-electron chi connectivity index (χ2n) is 1.81. The lowest BCUT2D eigenvalue weighted by Gasteiger charge is -1.92. The molecule has 1 aliphatic heterocycles. The molecule has 1 heterocycles. The minimum atomic E-state index is -0.404. The van der Waals surface area contributed by atoms with Crippen molar-refractivity contribution >= 4 is 18.5 Å². The highest BCUT2D eigenvalue weighted by molar-refractivity contribution is 6.22. The topological polar surface area (TPSA) is 67.8 Å². The molecule has 0 aromatic carbocycles. The molecule has 0 unspecified atom stereocenters. The van der Waals surface area contributed by atoms with Crippen molar-refractivity contribution in [3.63, 3.8) is 0 Å². The second kappa shape index (κ2) is 2.43. The van der Waals surface area contributed by atoms with Crippen LogP contribution in [-0.2, 0) is 4.79 Å². The molecule has 0 atom stereocenters. The van der Waals surface area contributed by atoms with Crippen LogP contribution in [0.25, 0.3) is 0 Å². The molecule has 0 spiro atoms. The number of amides is 1. The summed E-state index contributed by atoms with van der Waals surface area (Å²) >= 11 is 0. The van der Waals surface area contributed by atoms with Crippen molar-refractivity contribution in [1.29, 1.82) is 0 Å². The van der Waals surface area contributed by atoms with Gasteiger partial charge in [-0.15, -0.1) is 0 Å². The summed E-state index contributed by atoms with van der Waals surface area (Å²) in [4.78, 5) is 17.7. The Balaban J connectivity index is 2.84. The standard InChI is InChI=1S/C6H7N3O/c1-8-6(10)4-2-3-9-5(4)7/h2H,1,3H2,(H2,7,9). The van der Waals surface area contributed by atoms with Crippen LogP contribution >= 0.6 is 0 Å². The van der Waals surface area contributed by atoms with E-state index < -0.39 is 5.91 Å². The Morgan fingerprint density at radius 2 is 2.60 bits per heavy atom. The molecule has 2 N–H and O–H groups in total. The van der Waals surface area contributed by atoms with Crippen molar-refractivity contribution in [3.05, 3.63) is 11.6 Å². The predicted molar refractivity (Wildman–Crippen MR) is 39.1 cm³/mol. The van der Waals surface area contributed by atoms with Crippen LogP contribution in [0.1, 0.15) is 0 Å². The fourth-order valence-corrected chi connectivity index (χ4v) is 0.707. The van der Waals surface area contributed by atoms with E-state index in [1.807, 2.05) is 0 Å². The molecule has 0 aliphatic carbocycles. The summed E-state index contributed by atoms with van der Waals surface area (Å²) in [7, 11) is 0. The Morgan fingerprint density at radius 1 is 1.90 bits per heavy atom. The van der Waals surface area contributed by atoms with Gasteiger partial charge in [0, 0.05) is 0 Å². The average molecular weight is 137 g/mol. The van der Waals surface area contributed by atoms with Crippen molar-refractivity contribution in [3.8, 4) is 0 Å². The van der Waals surface area contributed by atoms with Gasteiger partial charge in [0.25, 0.3) is 5.91 Å². The Morgan fingerprint density at radius 3 is 3.00 bits per heavy atom. The van der Waals surface area contributed by atoms with Gasteiger partial charge in [-0.2, -0.15) is 0 Å². The fraction of sp³-hybridized carbons (Fsp3) is 0.167. The lowest BCUT2D eigenvalue weighted by molar-refractivity contribution is -0.113. The Kier molecular flexibility index (Phi) is 1.62. The minimum absolute atomic E-state index is 0.261. The number of hydrogen-bond acceptors (Lipinski definition) is 3. The highest BCUT2D eigenvalue weighted by atomic mass is 16.1. The maximum atomic E-state index is 10.8. The summed E-state index contributed by atoms with van der Waals surface area (Å²) in [5, 5.41) is 0. The minimum Gasteiger partial charge on any atom is -0.383 e. The van der Waals surface area contributed by atoms with E-state index in [9.17, 15) is 4.79 Å². The third kappa shape index (κ3) is 0.953. The van der Waals surface area contributed by atoms with E-state index in [1.54, 1.807) is 6.08 Å². The van der Waals surface area contributed by atoms with Crippen LogP contribution < -0.4 is 5.73 Å². The third-order valence-electron chi connectivity index (χ3n) is 1.21. The molecule has 52 valence electrons. The summed E-state index contributed by atoms with van der Waals surface area (Å²) in [5.74, 6) is -0.142. The van der Waals surface area contributed by atoms with Crippen LogP contribution in [0.15, 0.2) is 21.6 Å². The summed E-state index contributed by atoms with van der Waals surface area (Å²) in [6.45, 7) is 3.56. The molecule has 0 radical (unpaired) electrons. The van der Waals surface area contributed by atoms with Gasteiger partial charge in [-0.1, -0.05) is 0 Å². The van der Waals surface area contributed by atoms with Crippen LogP contribution in [0.5, 0.6) is 0 Å². The van der Waals surface area contributed by atoms with Gasteiger partial charge in [-0.25, -0.2) is 4.99 Å². The van der Waals surface area contributed by atoms with Gasteiger partial charge >= 0.3 is 0 Å². The zero-order valence-corrected chi connectivity index (χ0v) is 5.37. The van der Waals surface area contributed by atoms with Gasteiger partial charge < -0.3 is 5.73 Å². The van der Waals surface area contributed by atoms with Crippen LogP contribution in [-0.4, -0.2) is 25.0 Å². The lowest BCUT2D eigenvalue weighted by atomic mass is 10.2. The molecule has 0 saturated heterocycles. The molecule has 1 rings (SSSR count). The van der Waals surface area contributed by atoms with E-state index in [4.69, 9.17) is 5.73 Å². The average Bonchev–Trinajstić information content (AvgIpc) is 2.34. The molecule has 0 bridgehead atoms. The number of hydrogen-bond donors (Lipinski definition) is 1. The monoisotopic (exact) mass is 137 g/mol. The van der Waals surface area contributed by atoms with Gasteiger partial charge in [0.1, 0.15) is 5.84 Å². The zero-order valence-electron chi connectivity index (χ0n) is 5.37. The molecule has 4 nitrogen and oxygen atoms in total. The predicted octanol–water partition coefficient (Wildman–Crippen LogP) is -0.489. The number of rotatable bonds is 1. The highest BCUT2D eigenvalue weighted by Gasteiger charge is 2.14. The number of amidine groups is 1. The SMILES string of the molecule is C=NC(=O)C1=CCN=C1N. The first-order chi connectivity index (χ1) is 4.75. The second-order valence-corrected chi connectivity index (χ2v) is 1.81. The van der Waals surface area contributed by atoms with E-state index >= 15 is 0 Å². The molecule has 1 amide bonds. The van der Waals surface area contributed by atoms with Gasteiger partial charge in [0.2, 0.25) is 0 Å². The summed E-state index contributed by atoms with van der Waals surface area (Å²) in [5.41, 5.74) is 5.70. The summed E-state index contributed by atoms with van der Waals surface area (Å²) < 4.78 is 0. The van der Waals surface area contributed by atoms with Crippen LogP contribution in [0.2, 0.25) is 0 Å². The Bertz CT molecular complexity index is 239. The van der Waals surface area contributed by atoms with Gasteiger partial charge in [-0.3, -0.25) is 9.79 Å². The Hall–Kier alpha value is -1.45. The van der Waals surface area contributed by atoms with E-state index in [0.717, 1.165) is 0 Å². The molecule has 0 fully saturated rings. The van der Waals surface area contributed by atoms with Gasteiger partial charge in [-0.05, 0) is 12.8 Å². The first kappa shape index (κ1) is 6.67. The van der Waals surface area contributed by atoms with Crippen molar-refractivity contribution in [2.24, 2.45) is 15.7 Å². The first-order valence-electron chi connectivity index (χ1n) is 2.77. The quantitative estimate of drug-likeness (QED) is 0.495. The number of nitrogens with two attached hydrogens (primary N) is 1. The highest BCUT2D eigenvalue weighted by Crippen LogP contribution is 2.03. The van der Waals surface area contributed by atoms with Crippen molar-refractivity contribution in [1.82, 2.24) is 0 Å². The lowest BCUT2D eigenvalue weighted by Crippen LogP contribution is -2.17. The summed E-state index contributed by atoms with van der Waals surface area (Å²) in [6, 6.07) is 0. The maximum Gasteiger partial charge on any atom is 0.279 e. The molecule has 4 heteroatoms. The normalized spacial score (nSPS) is 16.0. The van der Waals surface area contributed by atoms with Crippen molar-refractivity contribution < 1.29 is 4.79 Å². The number of nitrogens with zero attached hydrogens (tertiary/aromatic N) is 2. The molecule has 1 aliphatic rings. The van der Waals surface area contributed by atoms with Crippen LogP contribution in [0.3, 0.4) is 0 Å². The van der Waals surface area contributed by atoms with Crippen LogP contribution in [0, 0.1) is 0 Å². The van der Waals surface area contributed by atoms with Gasteiger partial charge in [0.05, 0.1) is 12.1 Å². The number of carbonyl (C=O) groups is 1. The van der Waals surface area contributed by atoms with Crippen LogP contribution in [0.4, 0.5) is 0 Å². The summed E-state index contributed by atoms with van der Waals surface area (Å²) in [6.07, 6.45) is 1.63. The van der Waals surface area contributed by atoms with E-state index in [1.165, 1.54) is 0 Å². The maximum absolute atomic E-state index is 10.8. The largest absolute Gasteiger partial charge is 0.383 e. The third-order valence-corrected chi connectivity index (χ3v) is 1.21. The van der Waals surface area contributed by atoms with E-state index in [2.05, 4.69) is 16.7 Å². The zero-order chi connectivity index (χ0) is 7.56. The fourth-order valence-electron chi connectivity index (χ4n) is 0.707. The first-order valence-corrected chi connectivity index (χ1v) is 2.77. The molecular weight excluding hydrogens is 130 g/mol. The van der Waals surface area contributed by atoms with E-state index in [0.29, 0.717) is 12.1 Å². The smallest absolute Gasteiger partial charge is 0.279 e.